The molecule has 2 heterocycles. The molecular formula is C18H13N3O. The van der Waals surface area contributed by atoms with Gasteiger partial charge < -0.3 is 4.98 Å². The summed E-state index contributed by atoms with van der Waals surface area (Å²) >= 11 is 0. The van der Waals surface area contributed by atoms with E-state index in [4.69, 9.17) is 5.26 Å². The van der Waals surface area contributed by atoms with E-state index < -0.39 is 0 Å². The number of hydrogen-bond donors (Lipinski definition) is 1. The number of pyridine rings is 1. The van der Waals surface area contributed by atoms with Crippen LogP contribution in [0.25, 0.3) is 10.9 Å². The van der Waals surface area contributed by atoms with Crippen LogP contribution in [0.5, 0.6) is 0 Å². The van der Waals surface area contributed by atoms with Crippen LogP contribution in [-0.4, -0.2) is 15.8 Å². The molecule has 0 atom stereocenters. The van der Waals surface area contributed by atoms with E-state index in [0.717, 1.165) is 22.3 Å². The Balaban J connectivity index is 2.11. The highest BCUT2D eigenvalue weighted by molar-refractivity contribution is 6.19. The Bertz CT molecular complexity index is 989. The molecule has 1 aliphatic carbocycles. The van der Waals surface area contributed by atoms with Crippen LogP contribution in [0.15, 0.2) is 36.5 Å². The molecule has 1 aromatic carbocycles. The number of nitrogens with one attached hydrogen (secondary N) is 1. The minimum atomic E-state index is -0.383. The van der Waals surface area contributed by atoms with Gasteiger partial charge >= 0.3 is 0 Å². The van der Waals surface area contributed by atoms with E-state index in [1.165, 1.54) is 0 Å². The highest BCUT2D eigenvalue weighted by Gasteiger charge is 2.40. The van der Waals surface area contributed by atoms with Gasteiger partial charge in [-0.05, 0) is 38.1 Å². The Morgan fingerprint density at radius 2 is 2.09 bits per heavy atom. The standard InChI is InChI=1S/C18H13N3O/c1-18(2)16-12(4-3-7-20-16)15(22)14-11-6-5-10(9-19)8-13(11)21-17(14)18/h3-8,21H,1-2H3. The number of aromatic nitrogens is 2. The van der Waals surface area contributed by atoms with Gasteiger partial charge in [-0.3, -0.25) is 9.78 Å². The molecule has 0 aliphatic heterocycles. The maximum atomic E-state index is 12.9. The van der Waals surface area contributed by atoms with Gasteiger partial charge in [0.25, 0.3) is 0 Å². The SMILES string of the molecule is CC1(C)c2ncccc2C(=O)c2c1[nH]c1cc(C#N)ccc21. The normalized spacial score (nSPS) is 15.2. The van der Waals surface area contributed by atoms with Gasteiger partial charge in [-0.15, -0.1) is 0 Å². The number of carbonyl (C=O) groups excluding carboxylic acids is 1. The Hall–Kier alpha value is -2.93. The first-order valence-electron chi connectivity index (χ1n) is 7.10. The fourth-order valence-corrected chi connectivity index (χ4v) is 3.31. The van der Waals surface area contributed by atoms with E-state index in [1.54, 1.807) is 24.4 Å². The Morgan fingerprint density at radius 3 is 2.86 bits per heavy atom. The predicted molar refractivity (Wildman–Crippen MR) is 82.8 cm³/mol. The van der Waals surface area contributed by atoms with Crippen molar-refractivity contribution in [2.75, 3.05) is 0 Å². The molecule has 22 heavy (non-hydrogen) atoms. The summed E-state index contributed by atoms with van der Waals surface area (Å²) in [5.41, 5.74) is 4.03. The second-order valence-electron chi connectivity index (χ2n) is 6.10. The van der Waals surface area contributed by atoms with Gasteiger partial charge in [0, 0.05) is 33.8 Å². The molecule has 4 heteroatoms. The molecule has 0 saturated carbocycles. The monoisotopic (exact) mass is 287 g/mol. The third kappa shape index (κ3) is 1.45. The van der Waals surface area contributed by atoms with E-state index >= 15 is 0 Å². The number of fused-ring (bicyclic) bond motifs is 4. The molecule has 3 aromatic rings. The van der Waals surface area contributed by atoms with Crippen molar-refractivity contribution in [1.82, 2.24) is 9.97 Å². The number of ketones is 1. The van der Waals surface area contributed by atoms with Crippen LogP contribution in [-0.2, 0) is 5.41 Å². The van der Waals surface area contributed by atoms with Gasteiger partial charge in [-0.2, -0.15) is 5.26 Å². The zero-order chi connectivity index (χ0) is 15.5. The maximum absolute atomic E-state index is 12.9. The number of nitrogens with zero attached hydrogens (tertiary/aromatic N) is 2. The summed E-state index contributed by atoms with van der Waals surface area (Å²) < 4.78 is 0. The van der Waals surface area contributed by atoms with Crippen LogP contribution in [0.4, 0.5) is 0 Å². The van der Waals surface area contributed by atoms with E-state index in [1.807, 2.05) is 12.1 Å². The molecule has 0 unspecified atom stereocenters. The molecule has 106 valence electrons. The first-order chi connectivity index (χ1) is 10.5. The molecule has 0 spiro atoms. The third-order valence-electron chi connectivity index (χ3n) is 4.42. The third-order valence-corrected chi connectivity index (χ3v) is 4.42. The quantitative estimate of drug-likeness (QED) is 0.689. The van der Waals surface area contributed by atoms with Crippen LogP contribution < -0.4 is 0 Å². The van der Waals surface area contributed by atoms with Crippen molar-refractivity contribution in [3.8, 4) is 6.07 Å². The summed E-state index contributed by atoms with van der Waals surface area (Å²) in [6.45, 7) is 4.12. The Kier molecular flexibility index (Phi) is 2.35. The van der Waals surface area contributed by atoms with Crippen LogP contribution in [0.1, 0.15) is 46.7 Å². The number of aromatic amines is 1. The topological polar surface area (TPSA) is 69.5 Å². The van der Waals surface area contributed by atoms with Crippen molar-refractivity contribution in [1.29, 1.82) is 5.26 Å². The molecule has 1 aliphatic rings. The lowest BCUT2D eigenvalue weighted by Crippen LogP contribution is -2.31. The number of carbonyl (C=O) groups is 1. The molecule has 0 saturated heterocycles. The van der Waals surface area contributed by atoms with Crippen LogP contribution in [0.2, 0.25) is 0 Å². The van der Waals surface area contributed by atoms with Crippen molar-refractivity contribution in [2.45, 2.75) is 19.3 Å². The average Bonchev–Trinajstić information content (AvgIpc) is 2.92. The lowest BCUT2D eigenvalue weighted by Gasteiger charge is -2.30. The molecule has 2 aromatic heterocycles. The summed E-state index contributed by atoms with van der Waals surface area (Å²) in [5, 5.41) is 9.92. The van der Waals surface area contributed by atoms with Gasteiger partial charge in [0.1, 0.15) is 0 Å². The molecule has 4 rings (SSSR count). The highest BCUT2D eigenvalue weighted by Crippen LogP contribution is 2.42. The molecule has 0 fully saturated rings. The summed E-state index contributed by atoms with van der Waals surface area (Å²) in [6.07, 6.45) is 1.72. The van der Waals surface area contributed by atoms with Crippen molar-refractivity contribution < 1.29 is 4.79 Å². The van der Waals surface area contributed by atoms with Gasteiger partial charge in [0.2, 0.25) is 0 Å². The van der Waals surface area contributed by atoms with E-state index in [0.29, 0.717) is 16.7 Å². The zero-order valence-electron chi connectivity index (χ0n) is 12.3. The number of nitriles is 1. The van der Waals surface area contributed by atoms with Crippen LogP contribution >= 0.6 is 0 Å². The van der Waals surface area contributed by atoms with Gasteiger partial charge in [0.15, 0.2) is 5.78 Å². The highest BCUT2D eigenvalue weighted by atomic mass is 16.1. The van der Waals surface area contributed by atoms with E-state index in [9.17, 15) is 4.79 Å². The van der Waals surface area contributed by atoms with E-state index in [-0.39, 0.29) is 11.2 Å². The van der Waals surface area contributed by atoms with E-state index in [2.05, 4.69) is 29.9 Å². The summed E-state index contributed by atoms with van der Waals surface area (Å²) in [7, 11) is 0. The molecular weight excluding hydrogens is 274 g/mol. The minimum Gasteiger partial charge on any atom is -0.357 e. The number of benzene rings is 1. The second-order valence-corrected chi connectivity index (χ2v) is 6.10. The fraction of sp³-hybridized carbons (Fsp3) is 0.167. The first kappa shape index (κ1) is 12.8. The number of rotatable bonds is 0. The Morgan fingerprint density at radius 1 is 1.27 bits per heavy atom. The van der Waals surface area contributed by atoms with Crippen molar-refractivity contribution in [2.24, 2.45) is 0 Å². The summed E-state index contributed by atoms with van der Waals surface area (Å²) in [4.78, 5) is 20.7. The van der Waals surface area contributed by atoms with Crippen LogP contribution in [0.3, 0.4) is 0 Å². The zero-order valence-corrected chi connectivity index (χ0v) is 12.3. The molecule has 0 amide bonds. The lowest BCUT2D eigenvalue weighted by molar-refractivity contribution is 0.103. The number of hydrogen-bond acceptors (Lipinski definition) is 3. The average molecular weight is 287 g/mol. The second kappa shape index (κ2) is 4.05. The summed E-state index contributed by atoms with van der Waals surface area (Å²) in [5.74, 6) is -0.00613. The van der Waals surface area contributed by atoms with Gasteiger partial charge in [0.05, 0.1) is 22.9 Å². The minimum absolute atomic E-state index is 0.00613. The molecule has 1 N–H and O–H groups in total. The van der Waals surface area contributed by atoms with Crippen molar-refractivity contribution >= 4 is 16.7 Å². The maximum Gasteiger partial charge on any atom is 0.197 e. The number of H-pyrrole nitrogens is 1. The van der Waals surface area contributed by atoms with Crippen molar-refractivity contribution in [3.63, 3.8) is 0 Å². The first-order valence-corrected chi connectivity index (χ1v) is 7.10. The molecule has 4 nitrogen and oxygen atoms in total. The largest absolute Gasteiger partial charge is 0.357 e. The molecule has 0 bridgehead atoms. The van der Waals surface area contributed by atoms with Gasteiger partial charge in [-0.25, -0.2) is 0 Å². The van der Waals surface area contributed by atoms with Gasteiger partial charge in [-0.1, -0.05) is 6.07 Å². The lowest BCUT2D eigenvalue weighted by atomic mass is 9.74. The molecule has 0 radical (unpaired) electrons. The fourth-order valence-electron chi connectivity index (χ4n) is 3.31. The van der Waals surface area contributed by atoms with Crippen molar-refractivity contribution in [3.05, 3.63) is 64.6 Å². The predicted octanol–water partition coefficient (Wildman–Crippen LogP) is 3.30. The smallest absolute Gasteiger partial charge is 0.197 e. The summed E-state index contributed by atoms with van der Waals surface area (Å²) in [6, 6.07) is 11.1. The van der Waals surface area contributed by atoms with Crippen LogP contribution in [0, 0.1) is 11.3 Å². The Labute approximate surface area is 127 Å².